The van der Waals surface area contributed by atoms with Crippen LogP contribution in [0.2, 0.25) is 0 Å². The van der Waals surface area contributed by atoms with Crippen LogP contribution >= 0.6 is 0 Å². The Balaban J connectivity index is 2.41. The van der Waals surface area contributed by atoms with Gasteiger partial charge in [-0.2, -0.15) is 0 Å². The molecule has 0 spiro atoms. The summed E-state index contributed by atoms with van der Waals surface area (Å²) in [6.07, 6.45) is 2.40. The van der Waals surface area contributed by atoms with Crippen LogP contribution in [0, 0.1) is 5.41 Å². The molecule has 0 unspecified atom stereocenters. The molecule has 2 nitrogen and oxygen atoms in total. The second-order valence-corrected chi connectivity index (χ2v) is 5.18. The predicted octanol–water partition coefficient (Wildman–Crippen LogP) is 1.49. The highest BCUT2D eigenvalue weighted by atomic mass is 16.3. The van der Waals surface area contributed by atoms with Gasteiger partial charge in [-0.3, -0.25) is 0 Å². The van der Waals surface area contributed by atoms with Crippen molar-refractivity contribution in [1.29, 1.82) is 0 Å². The molecule has 2 heteroatoms. The summed E-state index contributed by atoms with van der Waals surface area (Å²) in [5.41, 5.74) is 0.479. The molecule has 1 aliphatic carbocycles. The van der Waals surface area contributed by atoms with E-state index in [9.17, 15) is 0 Å². The van der Waals surface area contributed by atoms with Crippen molar-refractivity contribution in [3.63, 3.8) is 0 Å². The summed E-state index contributed by atoms with van der Waals surface area (Å²) >= 11 is 0. The van der Waals surface area contributed by atoms with Gasteiger partial charge >= 0.3 is 0 Å². The number of aliphatic hydroxyl groups is 1. The second-order valence-electron chi connectivity index (χ2n) is 5.18. The van der Waals surface area contributed by atoms with Crippen molar-refractivity contribution in [3.8, 4) is 0 Å². The van der Waals surface area contributed by atoms with Gasteiger partial charge in [-0.05, 0) is 40.7 Å². The molecule has 0 aromatic carbocycles. The zero-order valence-corrected chi connectivity index (χ0v) is 8.72. The monoisotopic (exact) mass is 171 g/mol. The molecule has 0 aromatic rings. The van der Waals surface area contributed by atoms with E-state index in [4.69, 9.17) is 5.11 Å². The molecule has 1 fully saturated rings. The van der Waals surface area contributed by atoms with Crippen molar-refractivity contribution in [1.82, 2.24) is 4.90 Å². The average Bonchev–Trinajstić information content (AvgIpc) is 2.67. The number of hydrogen-bond acceptors (Lipinski definition) is 2. The van der Waals surface area contributed by atoms with Gasteiger partial charge in [-0.25, -0.2) is 0 Å². The third-order valence-electron chi connectivity index (χ3n) is 3.01. The second kappa shape index (κ2) is 3.00. The van der Waals surface area contributed by atoms with E-state index in [-0.39, 0.29) is 11.0 Å². The van der Waals surface area contributed by atoms with Gasteiger partial charge in [-0.1, -0.05) is 0 Å². The van der Waals surface area contributed by atoms with Crippen molar-refractivity contribution in [2.45, 2.75) is 39.2 Å². The van der Waals surface area contributed by atoms with E-state index < -0.39 is 0 Å². The van der Waals surface area contributed by atoms with Gasteiger partial charge in [-0.15, -0.1) is 0 Å². The van der Waals surface area contributed by atoms with E-state index >= 15 is 0 Å². The number of rotatable bonds is 3. The fourth-order valence-electron chi connectivity index (χ4n) is 1.28. The van der Waals surface area contributed by atoms with Crippen molar-refractivity contribution in [3.05, 3.63) is 0 Å². The maximum absolute atomic E-state index is 9.14. The highest BCUT2D eigenvalue weighted by Crippen LogP contribution is 2.46. The molecule has 1 rings (SSSR count). The van der Waals surface area contributed by atoms with Crippen LogP contribution in [-0.2, 0) is 0 Å². The standard InChI is InChI=1S/C10H21NO/c1-9(2,3)11(4)7-10(8-12)5-6-10/h12H,5-8H2,1-4H3. The molecule has 72 valence electrons. The average molecular weight is 171 g/mol. The predicted molar refractivity (Wildman–Crippen MR) is 51.1 cm³/mol. The Hall–Kier alpha value is -0.0800. The fraction of sp³-hybridized carbons (Fsp3) is 1.00. The Labute approximate surface area is 75.6 Å². The molecule has 1 N–H and O–H groups in total. The normalized spacial score (nSPS) is 21.5. The summed E-state index contributed by atoms with van der Waals surface area (Å²) in [5, 5.41) is 9.14. The van der Waals surface area contributed by atoms with Gasteiger partial charge in [0.1, 0.15) is 0 Å². The van der Waals surface area contributed by atoms with Gasteiger partial charge in [0.25, 0.3) is 0 Å². The fourth-order valence-corrected chi connectivity index (χ4v) is 1.28. The van der Waals surface area contributed by atoms with Crippen LogP contribution in [0.25, 0.3) is 0 Å². The molecule has 0 heterocycles. The third kappa shape index (κ3) is 2.20. The van der Waals surface area contributed by atoms with Crippen molar-refractivity contribution in [2.75, 3.05) is 20.2 Å². The van der Waals surface area contributed by atoms with Crippen LogP contribution in [0.4, 0.5) is 0 Å². The van der Waals surface area contributed by atoms with Gasteiger partial charge in [0.05, 0.1) is 0 Å². The van der Waals surface area contributed by atoms with E-state index in [0.29, 0.717) is 6.61 Å². The molecule has 0 amide bonds. The smallest absolute Gasteiger partial charge is 0.0499 e. The lowest BCUT2D eigenvalue weighted by molar-refractivity contribution is 0.106. The number of nitrogens with zero attached hydrogens (tertiary/aromatic N) is 1. The molecule has 0 aromatic heterocycles. The van der Waals surface area contributed by atoms with E-state index in [1.54, 1.807) is 0 Å². The topological polar surface area (TPSA) is 23.5 Å². The van der Waals surface area contributed by atoms with E-state index in [2.05, 4.69) is 32.7 Å². The molecule has 0 aliphatic heterocycles. The minimum atomic E-state index is 0.227. The Morgan fingerprint density at radius 3 is 2.08 bits per heavy atom. The first kappa shape index (κ1) is 10.0. The van der Waals surface area contributed by atoms with Crippen molar-refractivity contribution >= 4 is 0 Å². The van der Waals surface area contributed by atoms with E-state index in [1.165, 1.54) is 12.8 Å². The summed E-state index contributed by atoms with van der Waals surface area (Å²) in [4.78, 5) is 2.33. The molecule has 12 heavy (non-hydrogen) atoms. The summed E-state index contributed by atoms with van der Waals surface area (Å²) < 4.78 is 0. The minimum Gasteiger partial charge on any atom is -0.396 e. The first-order valence-corrected chi connectivity index (χ1v) is 4.72. The van der Waals surface area contributed by atoms with Gasteiger partial charge < -0.3 is 10.0 Å². The highest BCUT2D eigenvalue weighted by Gasteiger charge is 2.43. The summed E-state index contributed by atoms with van der Waals surface area (Å²) in [7, 11) is 2.13. The first-order valence-electron chi connectivity index (χ1n) is 4.72. The third-order valence-corrected chi connectivity index (χ3v) is 3.01. The number of aliphatic hydroxyl groups excluding tert-OH is 1. The number of hydrogen-bond donors (Lipinski definition) is 1. The Morgan fingerprint density at radius 1 is 1.33 bits per heavy atom. The van der Waals surface area contributed by atoms with Gasteiger partial charge in [0.15, 0.2) is 0 Å². The van der Waals surface area contributed by atoms with Crippen LogP contribution in [0.15, 0.2) is 0 Å². The first-order chi connectivity index (χ1) is 5.40. The quantitative estimate of drug-likeness (QED) is 0.695. The van der Waals surface area contributed by atoms with Crippen molar-refractivity contribution < 1.29 is 5.11 Å². The molecular formula is C10H21NO. The van der Waals surface area contributed by atoms with Crippen molar-refractivity contribution in [2.24, 2.45) is 5.41 Å². The zero-order valence-electron chi connectivity index (χ0n) is 8.72. The molecular weight excluding hydrogens is 150 g/mol. The van der Waals surface area contributed by atoms with E-state index in [0.717, 1.165) is 6.54 Å². The summed E-state index contributed by atoms with van der Waals surface area (Å²) in [5.74, 6) is 0. The lowest BCUT2D eigenvalue weighted by Crippen LogP contribution is -2.42. The van der Waals surface area contributed by atoms with Crippen LogP contribution in [0.1, 0.15) is 33.6 Å². The van der Waals surface area contributed by atoms with Gasteiger partial charge in [0, 0.05) is 24.1 Å². The molecule has 0 bridgehead atoms. The van der Waals surface area contributed by atoms with Gasteiger partial charge in [0.2, 0.25) is 0 Å². The Morgan fingerprint density at radius 2 is 1.83 bits per heavy atom. The maximum Gasteiger partial charge on any atom is 0.0499 e. The van der Waals surface area contributed by atoms with Crippen LogP contribution in [0.5, 0.6) is 0 Å². The lowest BCUT2D eigenvalue weighted by Gasteiger charge is -2.34. The molecule has 1 aliphatic rings. The van der Waals surface area contributed by atoms with E-state index in [1.807, 2.05) is 0 Å². The summed E-state index contributed by atoms with van der Waals surface area (Å²) in [6, 6.07) is 0. The minimum absolute atomic E-state index is 0.227. The van der Waals surface area contributed by atoms with Crippen LogP contribution < -0.4 is 0 Å². The largest absolute Gasteiger partial charge is 0.396 e. The lowest BCUT2D eigenvalue weighted by atomic mass is 10.0. The zero-order chi connectivity index (χ0) is 9.41. The molecule has 1 saturated carbocycles. The Kier molecular flexibility index (Phi) is 2.50. The molecule has 0 atom stereocenters. The summed E-state index contributed by atoms with van der Waals surface area (Å²) in [6.45, 7) is 8.02. The molecule has 0 saturated heterocycles. The molecule has 0 radical (unpaired) electrons. The van der Waals surface area contributed by atoms with Crippen LogP contribution in [-0.4, -0.2) is 35.7 Å². The highest BCUT2D eigenvalue weighted by molar-refractivity contribution is 4.96. The maximum atomic E-state index is 9.14. The SMILES string of the molecule is CN(CC1(CO)CC1)C(C)(C)C. The van der Waals surface area contributed by atoms with Crippen LogP contribution in [0.3, 0.4) is 0 Å². The Bertz CT molecular complexity index is 156.